The number of nitrogens with zero attached hydrogens (tertiary/aromatic N) is 1. The van der Waals surface area contributed by atoms with Gasteiger partial charge < -0.3 is 14.6 Å². The lowest BCUT2D eigenvalue weighted by molar-refractivity contribution is 0.195. The number of pyridine rings is 1. The normalized spacial score (nSPS) is 12.6. The maximum absolute atomic E-state index is 11.4. The van der Waals surface area contributed by atoms with Crippen LogP contribution in [0.2, 0.25) is 0 Å². The van der Waals surface area contributed by atoms with Crippen LogP contribution in [0.25, 0.3) is 0 Å². The fourth-order valence-corrected chi connectivity index (χ4v) is 1.73. The van der Waals surface area contributed by atoms with Crippen molar-refractivity contribution in [3.63, 3.8) is 0 Å². The van der Waals surface area contributed by atoms with Gasteiger partial charge in [0.15, 0.2) is 0 Å². The minimum absolute atomic E-state index is 0.0314. The summed E-state index contributed by atoms with van der Waals surface area (Å²) < 4.78 is 6.62. The molecule has 96 valence electrons. The van der Waals surface area contributed by atoms with Gasteiger partial charge in [-0.2, -0.15) is 0 Å². The number of alkyl halides is 1. The molecule has 0 fully saturated rings. The summed E-state index contributed by atoms with van der Waals surface area (Å²) in [5.74, 6) is 0. The summed E-state index contributed by atoms with van der Waals surface area (Å²) >= 11 is 5.98. The average Bonchev–Trinajstić information content (AvgIpc) is 2.31. The van der Waals surface area contributed by atoms with Gasteiger partial charge in [0.25, 0.3) is 5.56 Å². The van der Waals surface area contributed by atoms with Crippen LogP contribution >= 0.6 is 11.6 Å². The van der Waals surface area contributed by atoms with E-state index in [4.69, 9.17) is 16.3 Å². The number of hydrogen-bond donors (Lipinski definition) is 1. The van der Waals surface area contributed by atoms with Crippen molar-refractivity contribution in [2.45, 2.75) is 18.3 Å². The Bertz CT molecular complexity index is 368. The van der Waals surface area contributed by atoms with Gasteiger partial charge in [0.05, 0.1) is 12.0 Å². The minimum Gasteiger partial charge on any atom is -0.383 e. The lowest BCUT2D eigenvalue weighted by atomic mass is 10.3. The first kappa shape index (κ1) is 14.2. The molecule has 5 heteroatoms. The molecule has 4 nitrogen and oxygen atoms in total. The highest BCUT2D eigenvalue weighted by Gasteiger charge is 2.02. The van der Waals surface area contributed by atoms with Gasteiger partial charge in [-0.1, -0.05) is 6.07 Å². The van der Waals surface area contributed by atoms with E-state index in [0.717, 1.165) is 19.5 Å². The van der Waals surface area contributed by atoms with Crippen molar-refractivity contribution in [1.82, 2.24) is 9.88 Å². The summed E-state index contributed by atoms with van der Waals surface area (Å²) in [6, 6.07) is 5.16. The van der Waals surface area contributed by atoms with Gasteiger partial charge >= 0.3 is 0 Å². The van der Waals surface area contributed by atoms with Gasteiger partial charge in [-0.15, -0.1) is 11.6 Å². The molecule has 0 bridgehead atoms. The highest BCUT2D eigenvalue weighted by atomic mass is 35.5. The van der Waals surface area contributed by atoms with Crippen LogP contribution < -0.4 is 10.9 Å². The maximum atomic E-state index is 11.4. The molecule has 0 aromatic carbocycles. The van der Waals surface area contributed by atoms with Crippen LogP contribution in [0.1, 0.15) is 6.42 Å². The monoisotopic (exact) mass is 258 g/mol. The molecule has 1 aromatic rings. The molecule has 0 radical (unpaired) electrons. The maximum Gasteiger partial charge on any atom is 0.250 e. The number of rotatable bonds is 8. The topological polar surface area (TPSA) is 43.3 Å². The van der Waals surface area contributed by atoms with Crippen molar-refractivity contribution in [3.05, 3.63) is 34.7 Å². The first-order valence-electron chi connectivity index (χ1n) is 5.73. The highest BCUT2D eigenvalue weighted by Crippen LogP contribution is 2.00. The van der Waals surface area contributed by atoms with E-state index < -0.39 is 0 Å². The van der Waals surface area contributed by atoms with E-state index in [-0.39, 0.29) is 10.9 Å². The van der Waals surface area contributed by atoms with Crippen molar-refractivity contribution in [3.8, 4) is 0 Å². The van der Waals surface area contributed by atoms with Gasteiger partial charge in [-0.3, -0.25) is 4.79 Å². The third-order valence-electron chi connectivity index (χ3n) is 2.41. The molecule has 1 atom stereocenters. The second kappa shape index (κ2) is 8.28. The summed E-state index contributed by atoms with van der Waals surface area (Å²) in [5, 5.41) is 3.30. The standard InChI is InChI=1S/C12H19ClN2O2/c1-17-10-11(13)5-6-14-7-9-15-8-3-2-4-12(15)16/h2-4,8,11,14H,5-7,9-10H2,1H3. The largest absolute Gasteiger partial charge is 0.383 e. The van der Waals surface area contributed by atoms with Crippen LogP contribution in [0, 0.1) is 0 Å². The summed E-state index contributed by atoms with van der Waals surface area (Å²) in [6.45, 7) is 2.85. The van der Waals surface area contributed by atoms with Gasteiger partial charge in [0.1, 0.15) is 0 Å². The van der Waals surface area contributed by atoms with E-state index in [1.54, 1.807) is 30.0 Å². The molecule has 1 unspecified atom stereocenters. The average molecular weight is 259 g/mol. The van der Waals surface area contributed by atoms with Crippen molar-refractivity contribution >= 4 is 11.6 Å². The number of nitrogens with one attached hydrogen (secondary N) is 1. The molecule has 0 aliphatic heterocycles. The summed E-state index contributed by atoms with van der Waals surface area (Å²) in [5.41, 5.74) is 0.0314. The Morgan fingerprint density at radius 1 is 1.47 bits per heavy atom. The molecule has 0 aliphatic rings. The third kappa shape index (κ3) is 5.86. The van der Waals surface area contributed by atoms with Crippen LogP contribution in [-0.4, -0.2) is 36.8 Å². The van der Waals surface area contributed by atoms with Crippen LogP contribution in [0.5, 0.6) is 0 Å². The summed E-state index contributed by atoms with van der Waals surface area (Å²) in [7, 11) is 1.64. The Morgan fingerprint density at radius 2 is 2.29 bits per heavy atom. The van der Waals surface area contributed by atoms with Crippen molar-refractivity contribution < 1.29 is 4.74 Å². The number of halogens is 1. The van der Waals surface area contributed by atoms with Gasteiger partial charge in [-0.05, 0) is 19.0 Å². The number of aromatic nitrogens is 1. The molecule has 1 rings (SSSR count). The SMILES string of the molecule is COCC(Cl)CCNCCn1ccccc1=O. The van der Waals surface area contributed by atoms with Crippen molar-refractivity contribution in [1.29, 1.82) is 0 Å². The number of hydrogen-bond acceptors (Lipinski definition) is 3. The second-order valence-electron chi connectivity index (χ2n) is 3.82. The molecule has 0 saturated carbocycles. The van der Waals surface area contributed by atoms with Crippen LogP contribution in [0.15, 0.2) is 29.2 Å². The first-order valence-corrected chi connectivity index (χ1v) is 6.17. The predicted molar refractivity (Wildman–Crippen MR) is 69.7 cm³/mol. The molecule has 17 heavy (non-hydrogen) atoms. The minimum atomic E-state index is 0.0314. The molecule has 0 aliphatic carbocycles. The van der Waals surface area contributed by atoms with Gasteiger partial charge in [-0.25, -0.2) is 0 Å². The Balaban J connectivity index is 2.13. The smallest absolute Gasteiger partial charge is 0.250 e. The van der Waals surface area contributed by atoms with E-state index >= 15 is 0 Å². The van der Waals surface area contributed by atoms with Crippen molar-refractivity contribution in [2.75, 3.05) is 26.8 Å². The van der Waals surface area contributed by atoms with E-state index in [2.05, 4.69) is 5.32 Å². The zero-order chi connectivity index (χ0) is 12.5. The highest BCUT2D eigenvalue weighted by molar-refractivity contribution is 6.20. The van der Waals surface area contributed by atoms with Crippen LogP contribution in [0.3, 0.4) is 0 Å². The quantitative estimate of drug-likeness (QED) is 0.561. The molecular weight excluding hydrogens is 240 g/mol. The van der Waals surface area contributed by atoms with Crippen LogP contribution in [-0.2, 0) is 11.3 Å². The van der Waals surface area contributed by atoms with Crippen molar-refractivity contribution in [2.24, 2.45) is 0 Å². The molecule has 0 spiro atoms. The first-order chi connectivity index (χ1) is 8.24. The molecule has 0 amide bonds. The Labute approximate surface area is 107 Å². The zero-order valence-corrected chi connectivity index (χ0v) is 10.8. The molecule has 1 heterocycles. The van der Waals surface area contributed by atoms with E-state index in [1.807, 2.05) is 6.07 Å². The fourth-order valence-electron chi connectivity index (χ4n) is 1.49. The number of ether oxygens (including phenoxy) is 1. The lowest BCUT2D eigenvalue weighted by Gasteiger charge is -2.09. The fraction of sp³-hybridized carbons (Fsp3) is 0.583. The van der Waals surface area contributed by atoms with Gasteiger partial charge in [0.2, 0.25) is 0 Å². The second-order valence-corrected chi connectivity index (χ2v) is 4.44. The Hall–Kier alpha value is -0.840. The van der Waals surface area contributed by atoms with E-state index in [9.17, 15) is 4.79 Å². The zero-order valence-electron chi connectivity index (χ0n) is 10.1. The van der Waals surface area contributed by atoms with Crippen LogP contribution in [0.4, 0.5) is 0 Å². The lowest BCUT2D eigenvalue weighted by Crippen LogP contribution is -2.27. The molecular formula is C12H19ClN2O2. The third-order valence-corrected chi connectivity index (χ3v) is 2.75. The van der Waals surface area contributed by atoms with E-state index in [1.165, 1.54) is 0 Å². The molecule has 1 aromatic heterocycles. The van der Waals surface area contributed by atoms with E-state index in [0.29, 0.717) is 13.2 Å². The Kier molecular flexibility index (Phi) is 6.93. The summed E-state index contributed by atoms with van der Waals surface area (Å²) in [4.78, 5) is 11.4. The summed E-state index contributed by atoms with van der Waals surface area (Å²) in [6.07, 6.45) is 2.65. The predicted octanol–water partition coefficient (Wildman–Crippen LogP) is 1.08. The molecule has 1 N–H and O–H groups in total. The molecule has 0 saturated heterocycles. The Morgan fingerprint density at radius 3 is 3.00 bits per heavy atom. The number of methoxy groups -OCH3 is 1. The van der Waals surface area contributed by atoms with Gasteiger partial charge in [0, 0.05) is 32.5 Å².